The Labute approximate surface area is 94.0 Å². The van der Waals surface area contributed by atoms with Crippen molar-refractivity contribution in [2.75, 3.05) is 6.54 Å². The summed E-state index contributed by atoms with van der Waals surface area (Å²) < 4.78 is 0. The minimum atomic E-state index is 0.284. The molecular weight excluding hydrogens is 186 g/mol. The van der Waals surface area contributed by atoms with Gasteiger partial charge in [0.15, 0.2) is 0 Å². The van der Waals surface area contributed by atoms with Gasteiger partial charge in [0.2, 0.25) is 5.91 Å². The number of hydrogen-bond donors (Lipinski definition) is 0. The Kier molecular flexibility index (Phi) is 4.18. The molecule has 0 bridgehead atoms. The van der Waals surface area contributed by atoms with Gasteiger partial charge in [-0.1, -0.05) is 20.8 Å². The van der Waals surface area contributed by atoms with Gasteiger partial charge in [0, 0.05) is 19.0 Å². The maximum absolute atomic E-state index is 11.4. The maximum Gasteiger partial charge on any atom is 0.219 e. The van der Waals surface area contributed by atoms with Gasteiger partial charge >= 0.3 is 0 Å². The summed E-state index contributed by atoms with van der Waals surface area (Å²) in [6, 6.07) is 0. The highest BCUT2D eigenvalue weighted by molar-refractivity contribution is 5.74. The quantitative estimate of drug-likeness (QED) is 0.602. The van der Waals surface area contributed by atoms with Gasteiger partial charge in [0.25, 0.3) is 0 Å². The fourth-order valence-electron chi connectivity index (χ4n) is 3.00. The second kappa shape index (κ2) is 5.00. The highest BCUT2D eigenvalue weighted by Gasteiger charge is 2.46. The Hall–Kier alpha value is -0.530. The van der Waals surface area contributed by atoms with Crippen LogP contribution >= 0.6 is 0 Å². The van der Waals surface area contributed by atoms with Gasteiger partial charge in [0.1, 0.15) is 0 Å². The van der Waals surface area contributed by atoms with E-state index in [4.69, 9.17) is 0 Å². The molecule has 2 fully saturated rings. The van der Waals surface area contributed by atoms with Crippen molar-refractivity contribution in [3.63, 3.8) is 0 Å². The second-order valence-corrected chi connectivity index (χ2v) is 4.85. The highest BCUT2D eigenvalue weighted by Crippen LogP contribution is 2.45. The van der Waals surface area contributed by atoms with E-state index in [1.54, 1.807) is 6.92 Å². The van der Waals surface area contributed by atoms with E-state index in [-0.39, 0.29) is 5.91 Å². The zero-order valence-corrected chi connectivity index (χ0v) is 10.7. The molecule has 0 aromatic rings. The second-order valence-electron chi connectivity index (χ2n) is 4.85. The molecule has 2 nitrogen and oxygen atoms in total. The fraction of sp³-hybridized carbons (Fsp3) is 0.923. The Morgan fingerprint density at radius 2 is 1.93 bits per heavy atom. The molecule has 1 heterocycles. The summed E-state index contributed by atoms with van der Waals surface area (Å²) in [6.07, 6.45) is 6.25. The summed E-state index contributed by atoms with van der Waals surface area (Å²) in [5.41, 5.74) is 0.295. The average molecular weight is 211 g/mol. The third kappa shape index (κ3) is 2.35. The molecule has 2 aliphatic rings. The third-order valence-corrected chi connectivity index (χ3v) is 3.81. The lowest BCUT2D eigenvalue weighted by atomic mass is 9.67. The van der Waals surface area contributed by atoms with Crippen molar-refractivity contribution in [3.8, 4) is 0 Å². The van der Waals surface area contributed by atoms with E-state index in [1.165, 1.54) is 32.1 Å². The van der Waals surface area contributed by atoms with E-state index in [0.29, 0.717) is 5.54 Å². The molecule has 2 heteroatoms. The summed E-state index contributed by atoms with van der Waals surface area (Å²) in [4.78, 5) is 13.6. The molecule has 1 unspecified atom stereocenters. The molecule has 1 saturated carbocycles. The van der Waals surface area contributed by atoms with E-state index in [1.807, 2.05) is 13.8 Å². The zero-order chi connectivity index (χ0) is 11.5. The van der Waals surface area contributed by atoms with Crippen molar-refractivity contribution in [2.24, 2.45) is 5.92 Å². The minimum absolute atomic E-state index is 0.284. The first-order valence-corrected chi connectivity index (χ1v) is 6.42. The molecule has 88 valence electrons. The highest BCUT2D eigenvalue weighted by atomic mass is 16.2. The molecule has 1 aliphatic carbocycles. The van der Waals surface area contributed by atoms with Crippen LogP contribution in [0, 0.1) is 5.92 Å². The molecule has 0 N–H and O–H groups in total. The Morgan fingerprint density at radius 1 is 1.33 bits per heavy atom. The number of piperidine rings is 1. The predicted octanol–water partition coefficient (Wildman–Crippen LogP) is 3.21. The monoisotopic (exact) mass is 211 g/mol. The molecule has 1 spiro atoms. The van der Waals surface area contributed by atoms with Crippen LogP contribution in [0.5, 0.6) is 0 Å². The van der Waals surface area contributed by atoms with Gasteiger partial charge in [-0.15, -0.1) is 0 Å². The Balaban J connectivity index is 0.000000531. The van der Waals surface area contributed by atoms with Crippen molar-refractivity contribution >= 4 is 5.91 Å². The van der Waals surface area contributed by atoms with Gasteiger partial charge in [-0.2, -0.15) is 0 Å². The van der Waals surface area contributed by atoms with Gasteiger partial charge in [-0.05, 0) is 38.0 Å². The van der Waals surface area contributed by atoms with Gasteiger partial charge in [0.05, 0.1) is 0 Å². The number of nitrogens with zero attached hydrogens (tertiary/aromatic N) is 1. The third-order valence-electron chi connectivity index (χ3n) is 3.81. The van der Waals surface area contributed by atoms with Crippen LogP contribution in [-0.4, -0.2) is 22.9 Å². The van der Waals surface area contributed by atoms with Crippen LogP contribution in [0.3, 0.4) is 0 Å². The molecule has 2 rings (SSSR count). The van der Waals surface area contributed by atoms with E-state index < -0.39 is 0 Å². The molecular formula is C13H25NO. The summed E-state index contributed by atoms with van der Waals surface area (Å²) in [5.74, 6) is 1.10. The molecule has 1 atom stereocenters. The Morgan fingerprint density at radius 3 is 2.33 bits per heavy atom. The van der Waals surface area contributed by atoms with Crippen molar-refractivity contribution in [1.29, 1.82) is 0 Å². The van der Waals surface area contributed by atoms with E-state index in [0.717, 1.165) is 12.5 Å². The topological polar surface area (TPSA) is 20.3 Å². The molecule has 0 radical (unpaired) electrons. The van der Waals surface area contributed by atoms with Crippen LogP contribution < -0.4 is 0 Å². The van der Waals surface area contributed by atoms with E-state index in [2.05, 4.69) is 11.8 Å². The first kappa shape index (κ1) is 12.5. The molecule has 1 saturated heterocycles. The van der Waals surface area contributed by atoms with Crippen molar-refractivity contribution in [3.05, 3.63) is 0 Å². The zero-order valence-electron chi connectivity index (χ0n) is 10.7. The summed E-state index contributed by atoms with van der Waals surface area (Å²) in [5, 5.41) is 0. The normalized spacial score (nSPS) is 27.7. The first-order valence-electron chi connectivity index (χ1n) is 6.42. The standard InChI is InChI=1S/C11H19NO.C2H6/c1-9-4-7-12(10(2)13)11(8-9)5-3-6-11;1-2/h9H,3-8H2,1-2H3;1-2H3. The molecule has 1 amide bonds. The minimum Gasteiger partial charge on any atom is -0.337 e. The van der Waals surface area contributed by atoms with Gasteiger partial charge in [-0.3, -0.25) is 4.79 Å². The molecule has 0 aromatic carbocycles. The van der Waals surface area contributed by atoms with Crippen molar-refractivity contribution in [1.82, 2.24) is 4.90 Å². The van der Waals surface area contributed by atoms with Crippen molar-refractivity contribution < 1.29 is 4.79 Å². The van der Waals surface area contributed by atoms with Crippen LogP contribution in [0.1, 0.15) is 59.8 Å². The maximum atomic E-state index is 11.4. The number of carbonyl (C=O) groups excluding carboxylic acids is 1. The molecule has 1 aliphatic heterocycles. The van der Waals surface area contributed by atoms with Crippen LogP contribution in [-0.2, 0) is 4.79 Å². The number of hydrogen-bond acceptors (Lipinski definition) is 1. The van der Waals surface area contributed by atoms with Crippen molar-refractivity contribution in [2.45, 2.75) is 65.3 Å². The van der Waals surface area contributed by atoms with Crippen LogP contribution in [0.2, 0.25) is 0 Å². The van der Waals surface area contributed by atoms with Gasteiger partial charge < -0.3 is 4.90 Å². The SMILES string of the molecule is CC.CC(=O)N1CCC(C)CC12CCC2. The van der Waals surface area contributed by atoms with Gasteiger partial charge in [-0.25, -0.2) is 0 Å². The van der Waals surface area contributed by atoms with Crippen LogP contribution in [0.25, 0.3) is 0 Å². The summed E-state index contributed by atoms with van der Waals surface area (Å²) in [7, 11) is 0. The lowest BCUT2D eigenvalue weighted by Gasteiger charge is -2.54. The average Bonchev–Trinajstić information content (AvgIpc) is 2.18. The number of likely N-dealkylation sites (tertiary alicyclic amines) is 1. The number of amides is 1. The molecule has 15 heavy (non-hydrogen) atoms. The lowest BCUT2D eigenvalue weighted by molar-refractivity contribution is -0.144. The lowest BCUT2D eigenvalue weighted by Crippen LogP contribution is -2.59. The smallest absolute Gasteiger partial charge is 0.219 e. The van der Waals surface area contributed by atoms with E-state index >= 15 is 0 Å². The van der Waals surface area contributed by atoms with Crippen LogP contribution in [0.15, 0.2) is 0 Å². The first-order chi connectivity index (χ1) is 7.14. The molecule has 0 aromatic heterocycles. The number of carbonyl (C=O) groups is 1. The van der Waals surface area contributed by atoms with E-state index in [9.17, 15) is 4.79 Å². The predicted molar refractivity (Wildman–Crippen MR) is 63.7 cm³/mol. The summed E-state index contributed by atoms with van der Waals surface area (Å²) in [6.45, 7) is 9.03. The Bertz CT molecular complexity index is 221. The summed E-state index contributed by atoms with van der Waals surface area (Å²) >= 11 is 0. The fourth-order valence-corrected chi connectivity index (χ4v) is 3.00. The largest absolute Gasteiger partial charge is 0.337 e. The number of rotatable bonds is 0. The van der Waals surface area contributed by atoms with Crippen LogP contribution in [0.4, 0.5) is 0 Å².